The van der Waals surface area contributed by atoms with Crippen LogP contribution in [0.2, 0.25) is 0 Å². The summed E-state index contributed by atoms with van der Waals surface area (Å²) in [5.41, 5.74) is 26.4. The molecule has 0 fully saturated rings. The molecule has 0 aliphatic carbocycles. The maximum atomic E-state index is 6.39. The van der Waals surface area contributed by atoms with Crippen LogP contribution in [0.3, 0.4) is 0 Å². The van der Waals surface area contributed by atoms with Crippen LogP contribution in [-0.2, 0) is 0 Å². The molecule has 106 heavy (non-hydrogen) atoms. The van der Waals surface area contributed by atoms with E-state index in [1.807, 2.05) is 36.4 Å². The number of benzene rings is 16. The van der Waals surface area contributed by atoms with E-state index >= 15 is 0 Å². The Hall–Kier alpha value is -14.3. The first kappa shape index (κ1) is 58.3. The number of para-hydroxylation sites is 6. The molecular weight excluding hydrogens is 1300 g/mol. The van der Waals surface area contributed by atoms with Gasteiger partial charge in [0.2, 0.25) is 0 Å². The van der Waals surface area contributed by atoms with E-state index in [9.17, 15) is 0 Å². The van der Waals surface area contributed by atoms with Crippen molar-refractivity contribution in [1.29, 1.82) is 0 Å². The Morgan fingerprint density at radius 3 is 0.868 bits per heavy atom. The van der Waals surface area contributed by atoms with Crippen LogP contribution in [-0.4, -0.2) is 23.7 Å². The van der Waals surface area contributed by atoms with E-state index in [0.29, 0.717) is 5.82 Å². The number of nitrogens with zero attached hydrogens (tertiary/aromatic N) is 5. The van der Waals surface area contributed by atoms with E-state index in [2.05, 4.69) is 323 Å². The Morgan fingerprint density at radius 1 is 0.179 bits per heavy atom. The van der Waals surface area contributed by atoms with Gasteiger partial charge in [-0.15, -0.1) is 0 Å². The van der Waals surface area contributed by atoms with Gasteiger partial charge < -0.3 is 27.0 Å². The Morgan fingerprint density at radius 2 is 0.462 bits per heavy atom. The van der Waals surface area contributed by atoms with Crippen molar-refractivity contribution in [3.05, 3.63) is 346 Å². The number of fused-ring (bicyclic) bond motifs is 19. The van der Waals surface area contributed by atoms with E-state index in [4.69, 9.17) is 23.2 Å². The van der Waals surface area contributed by atoms with Crippen molar-refractivity contribution in [2.24, 2.45) is 0 Å². The minimum absolute atomic E-state index is 0.633. The third kappa shape index (κ3) is 9.01. The van der Waals surface area contributed by atoms with Gasteiger partial charge >= 0.3 is 0 Å². The first-order chi connectivity index (χ1) is 52.5. The zero-order valence-corrected chi connectivity index (χ0v) is 56.9. The molecule has 23 aromatic rings. The lowest BCUT2D eigenvalue weighted by Crippen LogP contribution is -1.98. The van der Waals surface area contributed by atoms with Gasteiger partial charge in [0.15, 0.2) is 5.82 Å². The third-order valence-electron chi connectivity index (χ3n) is 22.1. The summed E-state index contributed by atoms with van der Waals surface area (Å²) < 4.78 is 26.3. The van der Waals surface area contributed by atoms with Gasteiger partial charge in [-0.3, -0.25) is 0 Å². The van der Waals surface area contributed by atoms with Crippen molar-refractivity contribution in [2.45, 2.75) is 0 Å². The molecule has 0 amide bonds. The van der Waals surface area contributed by atoms with Gasteiger partial charge in [0, 0.05) is 98.4 Å². The van der Waals surface area contributed by atoms with Crippen LogP contribution in [0.1, 0.15) is 0 Å². The standard InChI is InChI=1S/C98H57N5O3/c1-7-19-86-72(13-1)75-43-32-62(65-35-46-81-78-16-4-10-22-92(78)104-95(81)54-65)51-89(75)101(86)69-38-27-58(28-39-69)84-57-85(59-29-40-70(41-30-59)102-87-20-8-2-14-73(87)76-44-33-63(52-90(76)102)66-36-47-82-79-17-5-11-23-93(79)105-96(82)55-66)100-98(99-84)68-26-25-61-50-71(42-31-60(61)49-68)103-88-21-9-3-15-74(88)77-45-34-64(53-91(77)103)67-37-48-83-80-18-6-12-24-94(80)106-97(83)56-67/h1-57H. The predicted octanol–water partition coefficient (Wildman–Crippen LogP) is 26.6. The number of hydrogen-bond donors (Lipinski definition) is 0. The molecule has 492 valence electrons. The number of rotatable bonds is 9. The molecule has 0 spiro atoms. The van der Waals surface area contributed by atoms with Gasteiger partial charge in [0.1, 0.15) is 33.5 Å². The summed E-state index contributed by atoms with van der Waals surface area (Å²) >= 11 is 0. The van der Waals surface area contributed by atoms with Crippen molar-refractivity contribution >= 4 is 142 Å². The Balaban J connectivity index is 0.637. The molecule has 7 aromatic heterocycles. The molecular formula is C98H57N5O3. The second kappa shape index (κ2) is 22.6. The van der Waals surface area contributed by atoms with Crippen LogP contribution in [0.4, 0.5) is 0 Å². The highest BCUT2D eigenvalue weighted by Gasteiger charge is 2.22. The fraction of sp³-hybridized carbons (Fsp3) is 0. The van der Waals surface area contributed by atoms with Crippen molar-refractivity contribution in [3.63, 3.8) is 0 Å². The Labute approximate surface area is 605 Å². The second-order valence-corrected chi connectivity index (χ2v) is 28.0. The van der Waals surface area contributed by atoms with Crippen LogP contribution >= 0.6 is 0 Å². The lowest BCUT2D eigenvalue weighted by molar-refractivity contribution is 0.668. The minimum atomic E-state index is 0.633. The molecule has 0 atom stereocenters. The minimum Gasteiger partial charge on any atom is -0.456 e. The van der Waals surface area contributed by atoms with Gasteiger partial charge in [-0.05, 0) is 184 Å². The quantitative estimate of drug-likeness (QED) is 0.144. The topological polar surface area (TPSA) is 80.0 Å². The predicted molar refractivity (Wildman–Crippen MR) is 437 cm³/mol. The number of hydrogen-bond acceptors (Lipinski definition) is 5. The molecule has 0 aliphatic rings. The Bertz CT molecular complexity index is 7350. The van der Waals surface area contributed by atoms with E-state index in [1.165, 1.54) is 32.3 Å². The highest BCUT2D eigenvalue weighted by Crippen LogP contribution is 2.43. The van der Waals surface area contributed by atoms with E-state index in [0.717, 1.165) is 188 Å². The van der Waals surface area contributed by atoms with E-state index < -0.39 is 0 Å². The van der Waals surface area contributed by atoms with Gasteiger partial charge in [-0.2, -0.15) is 0 Å². The summed E-state index contributed by atoms with van der Waals surface area (Å²) in [5, 5.41) is 16.1. The number of aromatic nitrogens is 5. The van der Waals surface area contributed by atoms with Crippen LogP contribution in [0.5, 0.6) is 0 Å². The normalized spacial score (nSPS) is 12.2. The molecule has 7 heterocycles. The maximum Gasteiger partial charge on any atom is 0.160 e. The van der Waals surface area contributed by atoms with E-state index in [-0.39, 0.29) is 0 Å². The average Bonchev–Trinajstić information content (AvgIpc) is 1.60. The largest absolute Gasteiger partial charge is 0.456 e. The van der Waals surface area contributed by atoms with Crippen molar-refractivity contribution < 1.29 is 13.3 Å². The zero-order chi connectivity index (χ0) is 69.2. The molecule has 0 radical (unpaired) electrons. The molecule has 0 bridgehead atoms. The molecule has 23 rings (SSSR count). The summed E-state index contributed by atoms with van der Waals surface area (Å²) in [4.78, 5) is 11.0. The maximum absolute atomic E-state index is 6.39. The zero-order valence-electron chi connectivity index (χ0n) is 56.9. The molecule has 16 aromatic carbocycles. The lowest BCUT2D eigenvalue weighted by atomic mass is 10.0. The Kier molecular flexibility index (Phi) is 12.4. The first-order valence-corrected chi connectivity index (χ1v) is 36.0. The second-order valence-electron chi connectivity index (χ2n) is 28.0. The van der Waals surface area contributed by atoms with Crippen molar-refractivity contribution in [3.8, 4) is 84.3 Å². The van der Waals surface area contributed by atoms with Crippen LogP contribution in [0.15, 0.2) is 359 Å². The summed E-state index contributed by atoms with van der Waals surface area (Å²) in [7, 11) is 0. The SMILES string of the molecule is c1ccc2c(c1)oc1cc(-c3ccc4c5ccccc5n(-c5ccc(-c6cc(-c7ccc(-n8c9ccccc9c9ccc(-c%10ccc%11c(c%10)oc%10ccccc%10%11)cc98)cc7)nc(-c7ccc8cc(-n9c%10ccccc%10c%10ccc(-c%11ccc%12c(c%11)oc%11ccccc%11%12)cc%109)ccc8c7)n6)cc5)c4c3)ccc12. The van der Waals surface area contributed by atoms with E-state index in [1.54, 1.807) is 0 Å². The van der Waals surface area contributed by atoms with Gasteiger partial charge in [-0.1, -0.05) is 206 Å². The molecule has 0 aliphatic heterocycles. The first-order valence-electron chi connectivity index (χ1n) is 36.0. The highest BCUT2D eigenvalue weighted by molar-refractivity contribution is 6.15. The number of furan rings is 3. The summed E-state index contributed by atoms with van der Waals surface area (Å²) in [5.74, 6) is 0.633. The fourth-order valence-corrected chi connectivity index (χ4v) is 16.9. The van der Waals surface area contributed by atoms with Gasteiger partial charge in [-0.25, -0.2) is 9.97 Å². The molecule has 0 unspecified atom stereocenters. The van der Waals surface area contributed by atoms with Crippen LogP contribution < -0.4 is 0 Å². The average molecular weight is 1350 g/mol. The summed E-state index contributed by atoms with van der Waals surface area (Å²) in [6.07, 6.45) is 0. The third-order valence-corrected chi connectivity index (χ3v) is 22.1. The van der Waals surface area contributed by atoms with Crippen molar-refractivity contribution in [1.82, 2.24) is 23.7 Å². The van der Waals surface area contributed by atoms with Crippen LogP contribution in [0.25, 0.3) is 226 Å². The fourth-order valence-electron chi connectivity index (χ4n) is 16.9. The molecule has 0 saturated heterocycles. The molecule has 0 saturated carbocycles. The lowest BCUT2D eigenvalue weighted by Gasteiger charge is -2.13. The monoisotopic (exact) mass is 1350 g/mol. The van der Waals surface area contributed by atoms with Crippen molar-refractivity contribution in [2.75, 3.05) is 0 Å². The van der Waals surface area contributed by atoms with Gasteiger partial charge in [0.05, 0.1) is 44.5 Å². The van der Waals surface area contributed by atoms with Crippen LogP contribution in [0, 0.1) is 0 Å². The molecule has 8 nitrogen and oxygen atoms in total. The molecule has 8 heteroatoms. The molecule has 0 N–H and O–H groups in total. The summed E-state index contributed by atoms with van der Waals surface area (Å²) in [6.45, 7) is 0. The highest BCUT2D eigenvalue weighted by atomic mass is 16.3. The summed E-state index contributed by atoms with van der Waals surface area (Å²) in [6, 6.07) is 124. The van der Waals surface area contributed by atoms with Gasteiger partial charge in [0.25, 0.3) is 0 Å². The smallest absolute Gasteiger partial charge is 0.160 e.